The van der Waals surface area contributed by atoms with Crippen molar-refractivity contribution in [2.45, 2.75) is 64.6 Å². The summed E-state index contributed by atoms with van der Waals surface area (Å²) >= 11 is 0. The van der Waals surface area contributed by atoms with E-state index in [1.807, 2.05) is 40.7 Å². The van der Waals surface area contributed by atoms with Gasteiger partial charge in [0.2, 0.25) is 5.91 Å². The molecule has 1 aromatic rings. The molecule has 30 heavy (non-hydrogen) atoms. The normalized spacial score (nSPS) is 19.7. The summed E-state index contributed by atoms with van der Waals surface area (Å²) in [6.45, 7) is 17.6. The van der Waals surface area contributed by atoms with Gasteiger partial charge < -0.3 is 10.6 Å². The second kappa shape index (κ2) is 7.73. The van der Waals surface area contributed by atoms with E-state index in [-0.39, 0.29) is 17.3 Å². The average molecular weight is 408 g/mol. The van der Waals surface area contributed by atoms with Gasteiger partial charge in [0, 0.05) is 28.7 Å². The van der Waals surface area contributed by atoms with Gasteiger partial charge in [-0.15, -0.1) is 5.73 Å². The molecule has 5 heteroatoms. The first-order valence-corrected chi connectivity index (χ1v) is 10.2. The van der Waals surface area contributed by atoms with Crippen LogP contribution in [0, 0.1) is 5.82 Å². The molecule has 1 heterocycles. The van der Waals surface area contributed by atoms with Gasteiger partial charge in [0.05, 0.1) is 5.54 Å². The Hall–Kier alpha value is -2.91. The molecule has 1 aromatic carbocycles. The summed E-state index contributed by atoms with van der Waals surface area (Å²) in [5.41, 5.74) is 6.75. The first kappa shape index (κ1) is 21.8. The zero-order valence-corrected chi connectivity index (χ0v) is 18.4. The number of hydrogen-bond acceptors (Lipinski definition) is 3. The highest BCUT2D eigenvalue weighted by atomic mass is 19.1. The molecule has 1 aliphatic heterocycles. The Bertz CT molecular complexity index is 1020. The van der Waals surface area contributed by atoms with Gasteiger partial charge in [-0.25, -0.2) is 4.39 Å². The maximum absolute atomic E-state index is 14.0. The van der Waals surface area contributed by atoms with Crippen LogP contribution in [-0.2, 0) is 11.2 Å². The second-order valence-corrected chi connectivity index (χ2v) is 9.57. The highest BCUT2D eigenvalue weighted by Gasteiger charge is 2.43. The number of aliphatic imine (C=N–C) groups is 1. The highest BCUT2D eigenvalue weighted by Crippen LogP contribution is 2.31. The van der Waals surface area contributed by atoms with Crippen molar-refractivity contribution in [2.24, 2.45) is 4.99 Å². The molecule has 1 atom stereocenters. The summed E-state index contributed by atoms with van der Waals surface area (Å²) in [4.78, 5) is 17.3. The molecule has 0 saturated carbocycles. The van der Waals surface area contributed by atoms with Gasteiger partial charge in [0.15, 0.2) is 6.04 Å². The molecule has 1 aliphatic carbocycles. The van der Waals surface area contributed by atoms with E-state index < -0.39 is 11.6 Å². The van der Waals surface area contributed by atoms with Gasteiger partial charge >= 0.3 is 0 Å². The zero-order chi connectivity index (χ0) is 22.3. The standard InChI is InChI=1S/C25H30FN3O/c1-8-17-10-9-16(12-20(17)26)11-15(2)18-13-19(14-18)22-27-21(25(6,7)28-22)23(30)29-24(3,4)5/h8-10,12,21H,1-2,11,13H2,3-7H3,(H,27,28)(H,29,30)/t21-/m0/s1. The van der Waals surface area contributed by atoms with E-state index in [2.05, 4.69) is 34.5 Å². The number of amides is 1. The number of allylic oxidation sites excluding steroid dienone is 1. The predicted molar refractivity (Wildman–Crippen MR) is 121 cm³/mol. The number of carbonyl (C=O) groups excluding carboxylic acids is 1. The van der Waals surface area contributed by atoms with E-state index in [1.165, 1.54) is 12.1 Å². The first-order chi connectivity index (χ1) is 13.9. The molecule has 0 unspecified atom stereocenters. The van der Waals surface area contributed by atoms with E-state index in [0.717, 1.165) is 22.3 Å². The van der Waals surface area contributed by atoms with E-state index in [9.17, 15) is 9.18 Å². The lowest BCUT2D eigenvalue weighted by molar-refractivity contribution is -0.124. The van der Waals surface area contributed by atoms with Crippen LogP contribution in [0.3, 0.4) is 0 Å². The van der Waals surface area contributed by atoms with Gasteiger partial charge in [-0.1, -0.05) is 31.4 Å². The lowest BCUT2D eigenvalue weighted by Crippen LogP contribution is -2.54. The fraction of sp³-hybridized carbons (Fsp3) is 0.400. The Labute approximate surface area is 178 Å². The zero-order valence-electron chi connectivity index (χ0n) is 18.4. The van der Waals surface area contributed by atoms with E-state index in [1.54, 1.807) is 6.07 Å². The monoisotopic (exact) mass is 407 g/mol. The molecule has 0 fully saturated rings. The third kappa shape index (κ3) is 4.63. The Kier molecular flexibility index (Phi) is 5.62. The van der Waals surface area contributed by atoms with Crippen molar-refractivity contribution in [1.82, 2.24) is 10.6 Å². The molecule has 3 rings (SSSR count). The number of nitrogens with zero attached hydrogens (tertiary/aromatic N) is 1. The Morgan fingerprint density at radius 3 is 2.67 bits per heavy atom. The Balaban J connectivity index is 1.73. The topological polar surface area (TPSA) is 53.5 Å². The minimum atomic E-state index is -0.500. The molecular formula is C25H30FN3O. The number of benzene rings is 1. The van der Waals surface area contributed by atoms with Crippen LogP contribution in [0.2, 0.25) is 0 Å². The summed E-state index contributed by atoms with van der Waals surface area (Å²) in [5, 5.41) is 6.37. The minimum Gasteiger partial charge on any atom is -0.362 e. The van der Waals surface area contributed by atoms with Crippen molar-refractivity contribution in [3.05, 3.63) is 70.8 Å². The SMILES string of the molecule is C=Cc1ccc(CC(=C)C2=C=C(C3=N[C@@H](C(=O)NC(C)(C)C)C(C)(C)N3)C2)cc1F. The smallest absolute Gasteiger partial charge is 0.247 e. The summed E-state index contributed by atoms with van der Waals surface area (Å²) in [6, 6.07) is 4.64. The summed E-state index contributed by atoms with van der Waals surface area (Å²) in [7, 11) is 0. The molecule has 0 spiro atoms. The molecule has 4 nitrogen and oxygen atoms in total. The average Bonchev–Trinajstić information content (AvgIpc) is 2.87. The van der Waals surface area contributed by atoms with Crippen LogP contribution in [0.4, 0.5) is 4.39 Å². The largest absolute Gasteiger partial charge is 0.362 e. The van der Waals surface area contributed by atoms with E-state index in [0.29, 0.717) is 24.2 Å². The molecule has 0 radical (unpaired) electrons. The molecule has 1 amide bonds. The van der Waals surface area contributed by atoms with Crippen molar-refractivity contribution in [3.8, 4) is 0 Å². The lowest BCUT2D eigenvalue weighted by atomic mass is 9.88. The van der Waals surface area contributed by atoms with Gasteiger partial charge in [0.1, 0.15) is 11.7 Å². The van der Waals surface area contributed by atoms with E-state index in [4.69, 9.17) is 0 Å². The molecule has 0 saturated heterocycles. The van der Waals surface area contributed by atoms with Crippen LogP contribution < -0.4 is 10.6 Å². The summed E-state index contributed by atoms with van der Waals surface area (Å²) in [6.07, 6.45) is 2.75. The Morgan fingerprint density at radius 2 is 2.10 bits per heavy atom. The third-order valence-electron chi connectivity index (χ3n) is 5.20. The first-order valence-electron chi connectivity index (χ1n) is 10.2. The number of rotatable bonds is 6. The molecule has 0 bridgehead atoms. The van der Waals surface area contributed by atoms with Gasteiger partial charge in [-0.05, 0) is 58.2 Å². The van der Waals surface area contributed by atoms with Gasteiger partial charge in [-0.2, -0.15) is 0 Å². The molecule has 158 valence electrons. The van der Waals surface area contributed by atoms with Gasteiger partial charge in [0.25, 0.3) is 0 Å². The maximum atomic E-state index is 14.0. The van der Waals surface area contributed by atoms with Crippen molar-refractivity contribution >= 4 is 17.8 Å². The van der Waals surface area contributed by atoms with Crippen LogP contribution in [-0.4, -0.2) is 28.9 Å². The maximum Gasteiger partial charge on any atom is 0.247 e. The molecule has 0 aromatic heterocycles. The predicted octanol–water partition coefficient (Wildman–Crippen LogP) is 4.49. The van der Waals surface area contributed by atoms with Crippen molar-refractivity contribution in [1.29, 1.82) is 0 Å². The second-order valence-electron chi connectivity index (χ2n) is 9.57. The molecular weight excluding hydrogens is 377 g/mol. The molecule has 2 aliphatic rings. The number of amidine groups is 1. The number of hydrogen-bond donors (Lipinski definition) is 2. The van der Waals surface area contributed by atoms with Crippen LogP contribution >= 0.6 is 0 Å². The molecule has 2 N–H and O–H groups in total. The highest BCUT2D eigenvalue weighted by molar-refractivity contribution is 6.05. The minimum absolute atomic E-state index is 0.0893. The fourth-order valence-corrected chi connectivity index (χ4v) is 3.57. The third-order valence-corrected chi connectivity index (χ3v) is 5.20. The quantitative estimate of drug-likeness (QED) is 0.683. The van der Waals surface area contributed by atoms with Crippen LogP contribution in [0.15, 0.2) is 58.8 Å². The number of halogens is 1. The van der Waals surface area contributed by atoms with Crippen molar-refractivity contribution in [2.75, 3.05) is 0 Å². The Morgan fingerprint density at radius 1 is 1.43 bits per heavy atom. The van der Waals surface area contributed by atoms with Crippen LogP contribution in [0.5, 0.6) is 0 Å². The lowest BCUT2D eigenvalue weighted by Gasteiger charge is -2.29. The number of nitrogens with one attached hydrogen (secondary N) is 2. The van der Waals surface area contributed by atoms with Crippen molar-refractivity contribution < 1.29 is 9.18 Å². The van der Waals surface area contributed by atoms with Crippen LogP contribution in [0.25, 0.3) is 6.08 Å². The van der Waals surface area contributed by atoms with E-state index >= 15 is 0 Å². The fourth-order valence-electron chi connectivity index (χ4n) is 3.57. The van der Waals surface area contributed by atoms with Gasteiger partial charge in [-0.3, -0.25) is 9.79 Å². The number of carbonyl (C=O) groups is 1. The summed E-state index contributed by atoms with van der Waals surface area (Å²) in [5.74, 6) is 0.348. The van der Waals surface area contributed by atoms with Crippen molar-refractivity contribution in [3.63, 3.8) is 0 Å². The summed E-state index contributed by atoms with van der Waals surface area (Å²) < 4.78 is 14.0. The van der Waals surface area contributed by atoms with Crippen LogP contribution in [0.1, 0.15) is 52.2 Å².